The molecule has 7 heteroatoms. The van der Waals surface area contributed by atoms with E-state index in [2.05, 4.69) is 12.1 Å². The van der Waals surface area contributed by atoms with Crippen LogP contribution < -0.4 is 10.3 Å². The second-order valence-corrected chi connectivity index (χ2v) is 9.69. The maximum Gasteiger partial charge on any atom is 0.343 e. The molecular weight excluding hydrogens is 466 g/mol. The topological polar surface area (TPSA) is 81.5 Å². The molecule has 4 aromatic rings. The first-order valence-electron chi connectivity index (χ1n) is 12.8. The SMILES string of the molecule is O=C(Oc1cccc(C(=O)N2CCc3ccccc3C2)c1)c1ccc2c(=O)n3c(nc2c1)CCCCC3. The molecule has 0 radical (unpaired) electrons. The Kier molecular flexibility index (Phi) is 6.04. The summed E-state index contributed by atoms with van der Waals surface area (Å²) < 4.78 is 7.39. The van der Waals surface area contributed by atoms with Crippen LogP contribution in [0.1, 0.15) is 56.9 Å². The molecule has 0 unspecified atom stereocenters. The molecule has 0 saturated heterocycles. The third kappa shape index (κ3) is 4.53. The molecule has 1 amide bonds. The number of aryl methyl sites for hydroxylation is 1. The number of ether oxygens (including phenoxy) is 1. The summed E-state index contributed by atoms with van der Waals surface area (Å²) in [6.07, 6.45) is 4.61. The molecule has 0 atom stereocenters. The quantitative estimate of drug-likeness (QED) is 0.309. The zero-order chi connectivity index (χ0) is 25.4. The second kappa shape index (κ2) is 9.65. The van der Waals surface area contributed by atoms with Crippen molar-refractivity contribution in [1.29, 1.82) is 0 Å². The Morgan fingerprint density at radius 1 is 0.811 bits per heavy atom. The monoisotopic (exact) mass is 493 g/mol. The van der Waals surface area contributed by atoms with Crippen molar-refractivity contribution in [3.05, 3.63) is 105 Å². The van der Waals surface area contributed by atoms with Crippen LogP contribution in [0.25, 0.3) is 10.9 Å². The van der Waals surface area contributed by atoms with Crippen molar-refractivity contribution in [3.63, 3.8) is 0 Å². The fourth-order valence-electron chi connectivity index (χ4n) is 5.26. The van der Waals surface area contributed by atoms with E-state index >= 15 is 0 Å². The molecule has 3 aromatic carbocycles. The lowest BCUT2D eigenvalue weighted by atomic mass is 9.99. The van der Waals surface area contributed by atoms with Crippen molar-refractivity contribution < 1.29 is 14.3 Å². The van der Waals surface area contributed by atoms with E-state index in [1.165, 1.54) is 5.56 Å². The number of hydrogen-bond acceptors (Lipinski definition) is 5. The van der Waals surface area contributed by atoms with Gasteiger partial charge < -0.3 is 9.64 Å². The van der Waals surface area contributed by atoms with Gasteiger partial charge in [0.2, 0.25) is 0 Å². The van der Waals surface area contributed by atoms with Gasteiger partial charge in [-0.05, 0) is 66.8 Å². The summed E-state index contributed by atoms with van der Waals surface area (Å²) in [5.41, 5.74) is 3.65. The Morgan fingerprint density at radius 2 is 1.68 bits per heavy atom. The summed E-state index contributed by atoms with van der Waals surface area (Å²) in [7, 11) is 0. The van der Waals surface area contributed by atoms with Gasteiger partial charge in [0.25, 0.3) is 11.5 Å². The van der Waals surface area contributed by atoms with Crippen LogP contribution in [0, 0.1) is 0 Å². The maximum atomic E-state index is 13.2. The number of esters is 1. The molecule has 6 rings (SSSR count). The predicted octanol–water partition coefficient (Wildman–Crippen LogP) is 4.54. The minimum atomic E-state index is -0.560. The highest BCUT2D eigenvalue weighted by molar-refractivity contribution is 5.97. The maximum absolute atomic E-state index is 13.2. The van der Waals surface area contributed by atoms with Gasteiger partial charge in [0.1, 0.15) is 11.6 Å². The van der Waals surface area contributed by atoms with Crippen LogP contribution in [0.2, 0.25) is 0 Å². The first-order chi connectivity index (χ1) is 18.1. The second-order valence-electron chi connectivity index (χ2n) is 9.69. The Balaban J connectivity index is 1.21. The number of aromatic nitrogens is 2. The van der Waals surface area contributed by atoms with E-state index in [0.717, 1.165) is 43.5 Å². The molecule has 0 aliphatic carbocycles. The van der Waals surface area contributed by atoms with E-state index in [9.17, 15) is 14.4 Å². The number of fused-ring (bicyclic) bond motifs is 3. The summed E-state index contributed by atoms with van der Waals surface area (Å²) in [5.74, 6) is 0.411. The van der Waals surface area contributed by atoms with Crippen LogP contribution in [0.4, 0.5) is 0 Å². The van der Waals surface area contributed by atoms with E-state index in [4.69, 9.17) is 9.72 Å². The van der Waals surface area contributed by atoms with Crippen LogP contribution in [0.5, 0.6) is 5.75 Å². The zero-order valence-electron chi connectivity index (χ0n) is 20.5. The predicted molar refractivity (Wildman–Crippen MR) is 140 cm³/mol. The van der Waals surface area contributed by atoms with Gasteiger partial charge in [-0.25, -0.2) is 9.78 Å². The standard InChI is InChI=1S/C30H27N3O4/c34-28(32-16-14-20-7-3-4-8-23(20)19-32)21-9-6-10-24(17-21)37-30(36)22-12-13-25-26(18-22)31-27-11-2-1-5-15-33(27)29(25)35/h3-4,6-10,12-13,17-18H,1-2,5,11,14-16,19H2. The largest absolute Gasteiger partial charge is 0.423 e. The Bertz CT molecular complexity index is 1590. The molecule has 0 saturated carbocycles. The summed E-state index contributed by atoms with van der Waals surface area (Å²) >= 11 is 0. The van der Waals surface area contributed by atoms with Crippen LogP contribution in [-0.2, 0) is 25.9 Å². The van der Waals surface area contributed by atoms with Gasteiger partial charge in [-0.3, -0.25) is 14.2 Å². The lowest BCUT2D eigenvalue weighted by Crippen LogP contribution is -2.35. The molecule has 0 bridgehead atoms. The highest BCUT2D eigenvalue weighted by atomic mass is 16.5. The van der Waals surface area contributed by atoms with E-state index in [1.54, 1.807) is 47.0 Å². The Labute approximate surface area is 214 Å². The van der Waals surface area contributed by atoms with Crippen LogP contribution in [0.15, 0.2) is 71.5 Å². The van der Waals surface area contributed by atoms with Crippen LogP contribution in [-0.4, -0.2) is 32.9 Å². The average molecular weight is 494 g/mol. The fourth-order valence-corrected chi connectivity index (χ4v) is 5.26. The molecule has 2 aliphatic heterocycles. The first-order valence-corrected chi connectivity index (χ1v) is 12.8. The molecule has 7 nitrogen and oxygen atoms in total. The molecule has 3 heterocycles. The van der Waals surface area contributed by atoms with Crippen molar-refractivity contribution >= 4 is 22.8 Å². The highest BCUT2D eigenvalue weighted by Crippen LogP contribution is 2.23. The van der Waals surface area contributed by atoms with Crippen LogP contribution in [0.3, 0.4) is 0 Å². The van der Waals surface area contributed by atoms with Crippen molar-refractivity contribution in [2.75, 3.05) is 6.54 Å². The number of rotatable bonds is 3. The number of hydrogen-bond donors (Lipinski definition) is 0. The van der Waals surface area contributed by atoms with Gasteiger partial charge >= 0.3 is 5.97 Å². The molecule has 0 fully saturated rings. The van der Waals surface area contributed by atoms with Crippen molar-refractivity contribution in [2.45, 2.75) is 45.2 Å². The normalized spacial score (nSPS) is 15.0. The molecule has 0 spiro atoms. The first kappa shape index (κ1) is 23.2. The van der Waals surface area contributed by atoms with Crippen molar-refractivity contribution in [2.24, 2.45) is 0 Å². The third-order valence-corrected chi connectivity index (χ3v) is 7.26. The smallest absolute Gasteiger partial charge is 0.343 e. The minimum Gasteiger partial charge on any atom is -0.423 e. The highest BCUT2D eigenvalue weighted by Gasteiger charge is 2.22. The van der Waals surface area contributed by atoms with E-state index < -0.39 is 5.97 Å². The van der Waals surface area contributed by atoms with Gasteiger partial charge in [0, 0.05) is 31.6 Å². The number of nitrogens with zero attached hydrogens (tertiary/aromatic N) is 3. The van der Waals surface area contributed by atoms with Gasteiger partial charge in [-0.15, -0.1) is 0 Å². The Morgan fingerprint density at radius 3 is 2.57 bits per heavy atom. The molecular formula is C30H27N3O4. The van der Waals surface area contributed by atoms with E-state index in [0.29, 0.717) is 47.4 Å². The molecule has 37 heavy (non-hydrogen) atoms. The summed E-state index contributed by atoms with van der Waals surface area (Å²) in [4.78, 5) is 45.6. The number of carbonyl (C=O) groups excluding carboxylic acids is 2. The van der Waals surface area contributed by atoms with Gasteiger partial charge in [-0.2, -0.15) is 0 Å². The molecule has 1 aromatic heterocycles. The van der Waals surface area contributed by atoms with Crippen LogP contribution >= 0.6 is 0 Å². The number of carbonyl (C=O) groups is 2. The van der Waals surface area contributed by atoms with Gasteiger partial charge in [0.05, 0.1) is 16.5 Å². The third-order valence-electron chi connectivity index (χ3n) is 7.26. The van der Waals surface area contributed by atoms with E-state index in [1.807, 2.05) is 17.0 Å². The lowest BCUT2D eigenvalue weighted by Gasteiger charge is -2.29. The number of amides is 1. The van der Waals surface area contributed by atoms with Crippen molar-refractivity contribution in [3.8, 4) is 5.75 Å². The summed E-state index contributed by atoms with van der Waals surface area (Å²) in [5, 5.41) is 0.498. The van der Waals surface area contributed by atoms with E-state index in [-0.39, 0.29) is 11.5 Å². The molecule has 0 N–H and O–H groups in total. The lowest BCUT2D eigenvalue weighted by molar-refractivity contribution is 0.0716. The molecule has 2 aliphatic rings. The average Bonchev–Trinajstić information content (AvgIpc) is 3.18. The zero-order valence-corrected chi connectivity index (χ0v) is 20.5. The summed E-state index contributed by atoms with van der Waals surface area (Å²) in [6, 6.07) is 19.7. The van der Waals surface area contributed by atoms with Crippen molar-refractivity contribution in [1.82, 2.24) is 14.5 Å². The van der Waals surface area contributed by atoms with Gasteiger partial charge in [0.15, 0.2) is 0 Å². The number of benzene rings is 3. The Hall–Kier alpha value is -4.26. The minimum absolute atomic E-state index is 0.0617. The fraction of sp³-hybridized carbons (Fsp3) is 0.267. The molecule has 186 valence electrons. The summed E-state index contributed by atoms with van der Waals surface area (Å²) in [6.45, 7) is 1.89. The van der Waals surface area contributed by atoms with Gasteiger partial charge in [-0.1, -0.05) is 36.8 Å².